The maximum absolute atomic E-state index is 10.7. The van der Waals surface area contributed by atoms with Crippen LogP contribution in [0.3, 0.4) is 0 Å². The second-order valence-electron chi connectivity index (χ2n) is 3.23. The van der Waals surface area contributed by atoms with Crippen molar-refractivity contribution < 1.29 is 9.53 Å². The Morgan fingerprint density at radius 3 is 2.45 bits per heavy atom. The standard InChI is InChI=1S/C8H15NO2/c1-6(2)11-8-4-9(5-8)7(3)10/h6,8H,4-5H2,1-3H3. The summed E-state index contributed by atoms with van der Waals surface area (Å²) in [6.45, 7) is 7.15. The molecule has 11 heavy (non-hydrogen) atoms. The Labute approximate surface area is 67.3 Å². The largest absolute Gasteiger partial charge is 0.372 e. The fourth-order valence-corrected chi connectivity index (χ4v) is 1.17. The lowest BCUT2D eigenvalue weighted by Gasteiger charge is -2.39. The van der Waals surface area contributed by atoms with Crippen LogP contribution < -0.4 is 0 Å². The summed E-state index contributed by atoms with van der Waals surface area (Å²) < 4.78 is 5.47. The first kappa shape index (κ1) is 8.53. The third-order valence-electron chi connectivity index (χ3n) is 1.76. The topological polar surface area (TPSA) is 29.5 Å². The van der Waals surface area contributed by atoms with Crippen LogP contribution in [0.5, 0.6) is 0 Å². The van der Waals surface area contributed by atoms with Gasteiger partial charge < -0.3 is 9.64 Å². The van der Waals surface area contributed by atoms with Crippen LogP contribution in [0.15, 0.2) is 0 Å². The Balaban J connectivity index is 2.14. The minimum absolute atomic E-state index is 0.147. The van der Waals surface area contributed by atoms with Gasteiger partial charge in [0, 0.05) is 20.0 Å². The summed E-state index contributed by atoms with van der Waals surface area (Å²) in [6, 6.07) is 0. The van der Waals surface area contributed by atoms with E-state index in [1.807, 2.05) is 13.8 Å². The van der Waals surface area contributed by atoms with Gasteiger partial charge in [-0.15, -0.1) is 0 Å². The highest BCUT2D eigenvalue weighted by atomic mass is 16.5. The molecule has 0 N–H and O–H groups in total. The summed E-state index contributed by atoms with van der Waals surface area (Å²) in [7, 11) is 0. The number of hydrogen-bond donors (Lipinski definition) is 0. The van der Waals surface area contributed by atoms with Gasteiger partial charge in [-0.05, 0) is 13.8 Å². The van der Waals surface area contributed by atoms with E-state index < -0.39 is 0 Å². The van der Waals surface area contributed by atoms with E-state index in [2.05, 4.69) is 0 Å². The van der Waals surface area contributed by atoms with Crippen molar-refractivity contribution in [2.75, 3.05) is 13.1 Å². The predicted octanol–water partition coefficient (Wildman–Crippen LogP) is 0.642. The normalized spacial score (nSPS) is 18.7. The molecule has 1 aliphatic rings. The number of ether oxygens (including phenoxy) is 1. The molecule has 1 heterocycles. The summed E-state index contributed by atoms with van der Waals surface area (Å²) in [6.07, 6.45) is 0.549. The predicted molar refractivity (Wildman–Crippen MR) is 42.3 cm³/mol. The Bertz CT molecular complexity index is 150. The SMILES string of the molecule is CC(=O)N1CC(OC(C)C)C1. The number of carbonyl (C=O) groups is 1. The van der Waals surface area contributed by atoms with Crippen LogP contribution in [-0.2, 0) is 9.53 Å². The molecule has 3 heteroatoms. The van der Waals surface area contributed by atoms with E-state index in [-0.39, 0.29) is 18.1 Å². The van der Waals surface area contributed by atoms with Crippen molar-refractivity contribution >= 4 is 5.91 Å². The smallest absolute Gasteiger partial charge is 0.219 e. The molecule has 0 aromatic carbocycles. The van der Waals surface area contributed by atoms with Gasteiger partial charge >= 0.3 is 0 Å². The zero-order chi connectivity index (χ0) is 8.43. The molecule has 1 aliphatic heterocycles. The fraction of sp³-hybridized carbons (Fsp3) is 0.875. The molecule has 1 rings (SSSR count). The minimum Gasteiger partial charge on any atom is -0.372 e. The molecular weight excluding hydrogens is 142 g/mol. The molecule has 1 amide bonds. The number of carbonyl (C=O) groups excluding carboxylic acids is 1. The van der Waals surface area contributed by atoms with E-state index in [0.29, 0.717) is 0 Å². The van der Waals surface area contributed by atoms with Crippen LogP contribution >= 0.6 is 0 Å². The van der Waals surface area contributed by atoms with E-state index in [9.17, 15) is 4.79 Å². The van der Waals surface area contributed by atoms with Gasteiger partial charge in [-0.3, -0.25) is 4.79 Å². The van der Waals surface area contributed by atoms with E-state index in [1.165, 1.54) is 0 Å². The lowest BCUT2D eigenvalue weighted by atomic mass is 10.1. The molecule has 1 fully saturated rings. The van der Waals surface area contributed by atoms with Crippen molar-refractivity contribution in [2.45, 2.75) is 33.0 Å². The molecule has 0 bridgehead atoms. The molecule has 1 saturated heterocycles. The van der Waals surface area contributed by atoms with Crippen LogP contribution in [0.1, 0.15) is 20.8 Å². The first-order chi connectivity index (χ1) is 5.09. The molecule has 0 aliphatic carbocycles. The number of hydrogen-bond acceptors (Lipinski definition) is 2. The number of likely N-dealkylation sites (tertiary alicyclic amines) is 1. The van der Waals surface area contributed by atoms with Crippen molar-refractivity contribution in [2.24, 2.45) is 0 Å². The molecule has 0 aromatic heterocycles. The van der Waals surface area contributed by atoms with Crippen molar-refractivity contribution in [1.29, 1.82) is 0 Å². The lowest BCUT2D eigenvalue weighted by Crippen LogP contribution is -2.54. The Hall–Kier alpha value is -0.570. The monoisotopic (exact) mass is 157 g/mol. The van der Waals surface area contributed by atoms with Crippen molar-refractivity contribution in [1.82, 2.24) is 4.90 Å². The summed E-state index contributed by atoms with van der Waals surface area (Å²) in [5, 5.41) is 0. The lowest BCUT2D eigenvalue weighted by molar-refractivity contribution is -0.145. The first-order valence-corrected chi connectivity index (χ1v) is 4.00. The van der Waals surface area contributed by atoms with Crippen LogP contribution in [0, 0.1) is 0 Å². The van der Waals surface area contributed by atoms with Crippen LogP contribution in [0.2, 0.25) is 0 Å². The van der Waals surface area contributed by atoms with Crippen molar-refractivity contribution in [3.05, 3.63) is 0 Å². The highest BCUT2D eigenvalue weighted by molar-refractivity contribution is 5.74. The quantitative estimate of drug-likeness (QED) is 0.588. The third kappa shape index (κ3) is 2.19. The maximum Gasteiger partial charge on any atom is 0.219 e. The molecule has 3 nitrogen and oxygen atoms in total. The third-order valence-corrected chi connectivity index (χ3v) is 1.76. The molecule has 64 valence electrons. The van der Waals surface area contributed by atoms with E-state index >= 15 is 0 Å². The van der Waals surface area contributed by atoms with Gasteiger partial charge in [0.15, 0.2) is 0 Å². The van der Waals surface area contributed by atoms with Crippen molar-refractivity contribution in [3.8, 4) is 0 Å². The second-order valence-corrected chi connectivity index (χ2v) is 3.23. The molecular formula is C8H15NO2. The van der Waals surface area contributed by atoms with E-state index in [1.54, 1.807) is 11.8 Å². The zero-order valence-electron chi connectivity index (χ0n) is 7.33. The summed E-state index contributed by atoms with van der Waals surface area (Å²) in [5.41, 5.74) is 0. The van der Waals surface area contributed by atoms with E-state index in [0.717, 1.165) is 13.1 Å². The summed E-state index contributed by atoms with van der Waals surface area (Å²) >= 11 is 0. The van der Waals surface area contributed by atoms with Gasteiger partial charge in [-0.1, -0.05) is 0 Å². The summed E-state index contributed by atoms with van der Waals surface area (Å²) in [5.74, 6) is 0.147. The molecule has 0 unspecified atom stereocenters. The molecule has 0 saturated carbocycles. The highest BCUT2D eigenvalue weighted by Gasteiger charge is 2.29. The zero-order valence-corrected chi connectivity index (χ0v) is 7.33. The van der Waals surface area contributed by atoms with Crippen LogP contribution in [0.25, 0.3) is 0 Å². The number of rotatable bonds is 2. The fourth-order valence-electron chi connectivity index (χ4n) is 1.17. The van der Waals surface area contributed by atoms with Gasteiger partial charge in [0.2, 0.25) is 5.91 Å². The van der Waals surface area contributed by atoms with Crippen LogP contribution in [-0.4, -0.2) is 36.1 Å². The van der Waals surface area contributed by atoms with Gasteiger partial charge in [0.05, 0.1) is 12.2 Å². The first-order valence-electron chi connectivity index (χ1n) is 4.00. The van der Waals surface area contributed by atoms with Gasteiger partial charge in [0.25, 0.3) is 0 Å². The van der Waals surface area contributed by atoms with Crippen LogP contribution in [0.4, 0.5) is 0 Å². The Kier molecular flexibility index (Phi) is 2.49. The van der Waals surface area contributed by atoms with Gasteiger partial charge in [-0.25, -0.2) is 0 Å². The van der Waals surface area contributed by atoms with Gasteiger partial charge in [-0.2, -0.15) is 0 Å². The molecule has 0 spiro atoms. The van der Waals surface area contributed by atoms with Crippen molar-refractivity contribution in [3.63, 3.8) is 0 Å². The minimum atomic E-state index is 0.147. The molecule has 0 radical (unpaired) electrons. The molecule has 0 aromatic rings. The highest BCUT2D eigenvalue weighted by Crippen LogP contribution is 2.12. The van der Waals surface area contributed by atoms with Gasteiger partial charge in [0.1, 0.15) is 0 Å². The second kappa shape index (κ2) is 3.22. The Morgan fingerprint density at radius 2 is 2.09 bits per heavy atom. The Morgan fingerprint density at radius 1 is 1.55 bits per heavy atom. The average Bonchev–Trinajstić information content (AvgIpc) is 1.75. The van der Waals surface area contributed by atoms with E-state index in [4.69, 9.17) is 4.74 Å². The maximum atomic E-state index is 10.7. The number of nitrogens with zero attached hydrogens (tertiary/aromatic N) is 1. The number of amides is 1. The summed E-state index contributed by atoms with van der Waals surface area (Å²) in [4.78, 5) is 12.5. The average molecular weight is 157 g/mol. The molecule has 0 atom stereocenters.